The lowest BCUT2D eigenvalue weighted by molar-refractivity contribution is -0.0972. The third kappa shape index (κ3) is 2.49. The van der Waals surface area contributed by atoms with Gasteiger partial charge in [-0.3, -0.25) is 0 Å². The highest BCUT2D eigenvalue weighted by molar-refractivity contribution is 5.30. The van der Waals surface area contributed by atoms with Gasteiger partial charge in [-0.1, -0.05) is 31.9 Å². The molecule has 1 aromatic carbocycles. The smallest absolute Gasteiger partial charge is 0.126 e. The Morgan fingerprint density at radius 2 is 2.00 bits per heavy atom. The summed E-state index contributed by atoms with van der Waals surface area (Å²) >= 11 is 0. The van der Waals surface area contributed by atoms with Crippen LogP contribution in [0.4, 0.5) is 4.39 Å². The number of hydrogen-bond donors (Lipinski definition) is 2. The Morgan fingerprint density at radius 3 is 2.50 bits per heavy atom. The summed E-state index contributed by atoms with van der Waals surface area (Å²) in [5.41, 5.74) is 5.83. The molecular weight excluding hydrogens is 253 g/mol. The van der Waals surface area contributed by atoms with Crippen LogP contribution in [0.1, 0.15) is 50.7 Å². The van der Waals surface area contributed by atoms with Gasteiger partial charge < -0.3 is 10.8 Å². The predicted octanol–water partition coefficient (Wildman–Crippen LogP) is 3.50. The van der Waals surface area contributed by atoms with Gasteiger partial charge >= 0.3 is 0 Å². The summed E-state index contributed by atoms with van der Waals surface area (Å²) in [7, 11) is 0. The van der Waals surface area contributed by atoms with E-state index < -0.39 is 5.60 Å². The molecule has 1 atom stereocenters. The fraction of sp³-hybridized carbons (Fsp3) is 0.647. The Morgan fingerprint density at radius 1 is 1.40 bits per heavy atom. The normalized spacial score (nSPS) is 30.0. The summed E-state index contributed by atoms with van der Waals surface area (Å²) in [5.74, 6) is 0.416. The van der Waals surface area contributed by atoms with E-state index in [0.29, 0.717) is 23.6 Å². The van der Waals surface area contributed by atoms with Crippen molar-refractivity contribution in [3.05, 3.63) is 35.1 Å². The van der Waals surface area contributed by atoms with E-state index in [4.69, 9.17) is 5.73 Å². The summed E-state index contributed by atoms with van der Waals surface area (Å²) in [6.07, 6.45) is 3.93. The van der Waals surface area contributed by atoms with Crippen LogP contribution < -0.4 is 5.73 Å². The molecule has 0 bridgehead atoms. The first-order valence-electron chi connectivity index (χ1n) is 7.51. The second-order valence-electron chi connectivity index (χ2n) is 6.70. The number of halogens is 1. The largest absolute Gasteiger partial charge is 0.385 e. The summed E-state index contributed by atoms with van der Waals surface area (Å²) in [6.45, 7) is 6.19. The Bertz CT molecular complexity index is 476. The Labute approximate surface area is 121 Å². The second kappa shape index (κ2) is 5.45. The molecule has 1 unspecified atom stereocenters. The van der Waals surface area contributed by atoms with E-state index in [2.05, 4.69) is 6.92 Å². The lowest BCUT2D eigenvalue weighted by Gasteiger charge is -2.49. The van der Waals surface area contributed by atoms with Crippen molar-refractivity contribution in [2.24, 2.45) is 17.1 Å². The van der Waals surface area contributed by atoms with E-state index in [1.54, 1.807) is 19.9 Å². The zero-order valence-electron chi connectivity index (χ0n) is 12.7. The molecule has 2 nitrogen and oxygen atoms in total. The van der Waals surface area contributed by atoms with E-state index in [1.807, 2.05) is 6.07 Å². The quantitative estimate of drug-likeness (QED) is 0.889. The van der Waals surface area contributed by atoms with Gasteiger partial charge in [0.15, 0.2) is 0 Å². The Hall–Kier alpha value is -0.930. The van der Waals surface area contributed by atoms with Crippen LogP contribution in [-0.4, -0.2) is 11.7 Å². The molecule has 1 aliphatic rings. The van der Waals surface area contributed by atoms with Crippen LogP contribution in [0.3, 0.4) is 0 Å². The molecule has 1 aromatic rings. The molecule has 112 valence electrons. The topological polar surface area (TPSA) is 46.2 Å². The molecule has 1 saturated carbocycles. The van der Waals surface area contributed by atoms with E-state index in [9.17, 15) is 9.50 Å². The van der Waals surface area contributed by atoms with Gasteiger partial charge in [0.05, 0.1) is 5.60 Å². The molecule has 2 rings (SSSR count). The molecule has 0 radical (unpaired) electrons. The summed E-state index contributed by atoms with van der Waals surface area (Å²) in [6, 6.07) is 5.02. The molecule has 0 spiro atoms. The van der Waals surface area contributed by atoms with Crippen LogP contribution in [0.25, 0.3) is 0 Å². The molecule has 1 aliphatic carbocycles. The Balaban J connectivity index is 2.38. The highest BCUT2D eigenvalue weighted by Crippen LogP contribution is 2.50. The summed E-state index contributed by atoms with van der Waals surface area (Å²) < 4.78 is 13.8. The van der Waals surface area contributed by atoms with Crippen molar-refractivity contribution in [2.75, 3.05) is 6.54 Å². The number of nitrogens with two attached hydrogens (primary N) is 1. The van der Waals surface area contributed by atoms with Crippen molar-refractivity contribution in [2.45, 2.75) is 52.1 Å². The maximum atomic E-state index is 13.8. The number of aryl methyl sites for hydroxylation is 1. The predicted molar refractivity (Wildman–Crippen MR) is 79.8 cm³/mol. The molecule has 0 amide bonds. The van der Waals surface area contributed by atoms with E-state index in [1.165, 1.54) is 6.07 Å². The van der Waals surface area contributed by atoms with Gasteiger partial charge in [0.25, 0.3) is 0 Å². The van der Waals surface area contributed by atoms with Crippen molar-refractivity contribution in [1.82, 2.24) is 0 Å². The van der Waals surface area contributed by atoms with Crippen molar-refractivity contribution in [3.63, 3.8) is 0 Å². The summed E-state index contributed by atoms with van der Waals surface area (Å²) in [5, 5.41) is 11.1. The molecule has 3 N–H and O–H groups in total. The monoisotopic (exact) mass is 279 g/mol. The summed E-state index contributed by atoms with van der Waals surface area (Å²) in [4.78, 5) is 0. The fourth-order valence-corrected chi connectivity index (χ4v) is 3.41. The molecule has 0 aromatic heterocycles. The highest BCUT2D eigenvalue weighted by Gasteiger charge is 2.48. The van der Waals surface area contributed by atoms with Gasteiger partial charge in [0, 0.05) is 12.0 Å². The van der Waals surface area contributed by atoms with E-state index in [0.717, 1.165) is 25.7 Å². The van der Waals surface area contributed by atoms with Gasteiger partial charge in [0.1, 0.15) is 5.82 Å². The highest BCUT2D eigenvalue weighted by atomic mass is 19.1. The lowest BCUT2D eigenvalue weighted by atomic mass is 9.60. The average Bonchev–Trinajstić information content (AvgIpc) is 2.42. The van der Waals surface area contributed by atoms with E-state index in [-0.39, 0.29) is 11.2 Å². The van der Waals surface area contributed by atoms with Crippen LogP contribution in [0.15, 0.2) is 18.2 Å². The van der Waals surface area contributed by atoms with Crippen LogP contribution >= 0.6 is 0 Å². The number of benzene rings is 1. The molecule has 1 fully saturated rings. The number of rotatable bonds is 3. The third-order valence-electron chi connectivity index (χ3n) is 5.39. The molecule has 0 saturated heterocycles. The SMILES string of the molecule is Cc1ccc(C(C)(O)C2(CN)CCC(C)CC2)cc1F. The standard InChI is InChI=1S/C17H26FNO/c1-12-6-8-17(11-19,9-7-12)16(3,20)14-5-4-13(2)15(18)10-14/h4-5,10,12,20H,6-9,11,19H2,1-3H3. The Kier molecular flexibility index (Phi) is 4.22. The van der Waals surface area contributed by atoms with Crippen molar-refractivity contribution < 1.29 is 9.50 Å². The van der Waals surface area contributed by atoms with Crippen LogP contribution in [0.2, 0.25) is 0 Å². The molecular formula is C17H26FNO. The molecule has 20 heavy (non-hydrogen) atoms. The first-order valence-corrected chi connectivity index (χ1v) is 7.51. The second-order valence-corrected chi connectivity index (χ2v) is 6.70. The number of hydrogen-bond acceptors (Lipinski definition) is 2. The minimum atomic E-state index is -1.09. The number of aliphatic hydroxyl groups is 1. The van der Waals surface area contributed by atoms with Crippen LogP contribution in [0, 0.1) is 24.1 Å². The maximum absolute atomic E-state index is 13.8. The lowest BCUT2D eigenvalue weighted by Crippen LogP contribution is -2.50. The average molecular weight is 279 g/mol. The fourth-order valence-electron chi connectivity index (χ4n) is 3.41. The molecule has 0 heterocycles. The van der Waals surface area contributed by atoms with Crippen molar-refractivity contribution in [1.29, 1.82) is 0 Å². The van der Waals surface area contributed by atoms with Crippen LogP contribution in [0.5, 0.6) is 0 Å². The first-order chi connectivity index (χ1) is 9.32. The maximum Gasteiger partial charge on any atom is 0.126 e. The van der Waals surface area contributed by atoms with Crippen molar-refractivity contribution in [3.8, 4) is 0 Å². The van der Waals surface area contributed by atoms with Crippen LogP contribution in [-0.2, 0) is 5.60 Å². The molecule has 3 heteroatoms. The van der Waals surface area contributed by atoms with Gasteiger partial charge in [-0.25, -0.2) is 4.39 Å². The van der Waals surface area contributed by atoms with Gasteiger partial charge in [-0.15, -0.1) is 0 Å². The zero-order chi connectivity index (χ0) is 15.0. The third-order valence-corrected chi connectivity index (χ3v) is 5.39. The van der Waals surface area contributed by atoms with Gasteiger partial charge in [0.2, 0.25) is 0 Å². The molecule has 0 aliphatic heterocycles. The minimum Gasteiger partial charge on any atom is -0.385 e. The minimum absolute atomic E-state index is 0.265. The van der Waals surface area contributed by atoms with Gasteiger partial charge in [-0.05, 0) is 49.8 Å². The van der Waals surface area contributed by atoms with Crippen molar-refractivity contribution >= 4 is 0 Å². The van der Waals surface area contributed by atoms with E-state index >= 15 is 0 Å². The zero-order valence-corrected chi connectivity index (χ0v) is 12.7. The van der Waals surface area contributed by atoms with Gasteiger partial charge in [-0.2, -0.15) is 0 Å². The first kappa shape index (κ1) is 15.5.